The van der Waals surface area contributed by atoms with Gasteiger partial charge in [0.05, 0.1) is 11.4 Å². The third kappa shape index (κ3) is 2.75. The molecule has 0 unspecified atom stereocenters. The summed E-state index contributed by atoms with van der Waals surface area (Å²) in [4.78, 5) is 13.4. The molecule has 0 saturated carbocycles. The highest BCUT2D eigenvalue weighted by molar-refractivity contribution is 7.98. The Morgan fingerprint density at radius 3 is 2.82 bits per heavy atom. The zero-order chi connectivity index (χ0) is 14.8. The molecule has 1 aromatic carbocycles. The number of hydrogen-bond donors (Lipinski definition) is 0. The highest BCUT2D eigenvalue weighted by atomic mass is 32.2. The number of nitrogens with zero attached hydrogens (tertiary/aromatic N) is 3. The Morgan fingerprint density at radius 1 is 1.05 bits per heavy atom. The average Bonchev–Trinajstić information content (AvgIpc) is 3.20. The van der Waals surface area contributed by atoms with Gasteiger partial charge in [0.1, 0.15) is 10.5 Å². The molecule has 0 aliphatic heterocycles. The molecule has 0 spiro atoms. The van der Waals surface area contributed by atoms with E-state index in [1.54, 1.807) is 29.3 Å². The van der Waals surface area contributed by atoms with Crippen molar-refractivity contribution in [1.29, 1.82) is 0 Å². The van der Waals surface area contributed by atoms with Crippen molar-refractivity contribution in [2.24, 2.45) is 0 Å². The molecule has 0 N–H and O–H groups in total. The largest absolute Gasteiger partial charge is 0.431 e. The fourth-order valence-corrected chi connectivity index (χ4v) is 3.66. The van der Waals surface area contributed by atoms with E-state index in [0.717, 1.165) is 33.2 Å². The van der Waals surface area contributed by atoms with Gasteiger partial charge >= 0.3 is 0 Å². The standard InChI is InChI=1S/C16H11N3OS2/c1-2-7-14-12(5-1)19-16(20-14)22-10-11-9-21-15(18-11)13-6-3-4-8-17-13/h1-9H,10H2. The Balaban J connectivity index is 1.49. The quantitative estimate of drug-likeness (QED) is 0.512. The second-order valence-electron chi connectivity index (χ2n) is 4.60. The zero-order valence-electron chi connectivity index (χ0n) is 11.5. The second-order valence-corrected chi connectivity index (χ2v) is 6.38. The van der Waals surface area contributed by atoms with Crippen molar-refractivity contribution in [2.75, 3.05) is 0 Å². The van der Waals surface area contributed by atoms with Gasteiger partial charge in [0.2, 0.25) is 0 Å². The first-order valence-electron chi connectivity index (χ1n) is 6.73. The normalized spacial score (nSPS) is 11.1. The third-order valence-electron chi connectivity index (χ3n) is 3.05. The van der Waals surface area contributed by atoms with Crippen LogP contribution in [0, 0.1) is 0 Å². The molecule has 0 aliphatic carbocycles. The van der Waals surface area contributed by atoms with Crippen molar-refractivity contribution >= 4 is 34.2 Å². The van der Waals surface area contributed by atoms with Crippen molar-refractivity contribution in [2.45, 2.75) is 11.0 Å². The fraction of sp³-hybridized carbons (Fsp3) is 0.0625. The molecule has 0 aliphatic rings. The zero-order valence-corrected chi connectivity index (χ0v) is 13.1. The second kappa shape index (κ2) is 5.90. The van der Waals surface area contributed by atoms with Crippen LogP contribution in [0.4, 0.5) is 0 Å². The Labute approximate surface area is 135 Å². The van der Waals surface area contributed by atoms with E-state index < -0.39 is 0 Å². The number of rotatable bonds is 4. The van der Waals surface area contributed by atoms with Crippen LogP contribution in [0.15, 0.2) is 63.7 Å². The monoisotopic (exact) mass is 325 g/mol. The SMILES string of the molecule is c1ccc(-c2nc(CSc3nc4ccccc4o3)cs2)nc1. The summed E-state index contributed by atoms with van der Waals surface area (Å²) >= 11 is 3.16. The van der Waals surface area contributed by atoms with Gasteiger partial charge in [0.25, 0.3) is 5.22 Å². The summed E-state index contributed by atoms with van der Waals surface area (Å²) < 4.78 is 5.70. The topological polar surface area (TPSA) is 51.8 Å². The van der Waals surface area contributed by atoms with Crippen LogP contribution in [-0.2, 0) is 5.75 Å². The number of fused-ring (bicyclic) bond motifs is 1. The van der Waals surface area contributed by atoms with Crippen LogP contribution in [0.1, 0.15) is 5.69 Å². The lowest BCUT2D eigenvalue weighted by molar-refractivity contribution is 0.489. The summed E-state index contributed by atoms with van der Waals surface area (Å²) in [5.74, 6) is 0.732. The first kappa shape index (κ1) is 13.5. The van der Waals surface area contributed by atoms with Gasteiger partial charge in [0, 0.05) is 17.3 Å². The van der Waals surface area contributed by atoms with Crippen molar-refractivity contribution in [3.05, 3.63) is 59.7 Å². The molecule has 0 atom stereocenters. The minimum Gasteiger partial charge on any atom is -0.431 e. The van der Waals surface area contributed by atoms with E-state index in [-0.39, 0.29) is 0 Å². The molecule has 22 heavy (non-hydrogen) atoms. The number of thioether (sulfide) groups is 1. The number of para-hydroxylation sites is 2. The molecule has 6 heteroatoms. The molecular weight excluding hydrogens is 314 g/mol. The summed E-state index contributed by atoms with van der Waals surface area (Å²) in [5.41, 5.74) is 3.62. The van der Waals surface area contributed by atoms with Crippen LogP contribution in [-0.4, -0.2) is 15.0 Å². The van der Waals surface area contributed by atoms with Gasteiger partial charge in [-0.25, -0.2) is 9.97 Å². The van der Waals surface area contributed by atoms with E-state index in [4.69, 9.17) is 4.42 Å². The third-order valence-corrected chi connectivity index (χ3v) is 4.83. The van der Waals surface area contributed by atoms with Crippen molar-refractivity contribution in [1.82, 2.24) is 15.0 Å². The average molecular weight is 325 g/mol. The summed E-state index contributed by atoms with van der Waals surface area (Å²) in [7, 11) is 0. The summed E-state index contributed by atoms with van der Waals surface area (Å²) in [6.45, 7) is 0. The minimum absolute atomic E-state index is 0.675. The van der Waals surface area contributed by atoms with E-state index in [9.17, 15) is 0 Å². The predicted octanol–water partition coefficient (Wildman–Crippen LogP) is 4.64. The van der Waals surface area contributed by atoms with Crippen LogP contribution in [0.25, 0.3) is 21.8 Å². The van der Waals surface area contributed by atoms with Gasteiger partial charge in [0.15, 0.2) is 5.58 Å². The van der Waals surface area contributed by atoms with E-state index >= 15 is 0 Å². The van der Waals surface area contributed by atoms with Crippen LogP contribution < -0.4 is 0 Å². The van der Waals surface area contributed by atoms with E-state index in [2.05, 4.69) is 20.3 Å². The Kier molecular flexibility index (Phi) is 3.62. The van der Waals surface area contributed by atoms with Gasteiger partial charge in [-0.2, -0.15) is 0 Å². The van der Waals surface area contributed by atoms with E-state index in [1.165, 1.54) is 0 Å². The predicted molar refractivity (Wildman–Crippen MR) is 88.9 cm³/mol. The van der Waals surface area contributed by atoms with E-state index in [0.29, 0.717) is 5.22 Å². The molecule has 0 amide bonds. The number of aromatic nitrogens is 3. The van der Waals surface area contributed by atoms with E-state index in [1.807, 2.05) is 42.5 Å². The van der Waals surface area contributed by atoms with Crippen molar-refractivity contribution < 1.29 is 4.42 Å². The molecule has 4 aromatic rings. The first-order valence-corrected chi connectivity index (χ1v) is 8.59. The molecule has 0 bridgehead atoms. The van der Waals surface area contributed by atoms with Crippen molar-refractivity contribution in [3.63, 3.8) is 0 Å². The summed E-state index contributed by atoms with van der Waals surface area (Å²) in [6.07, 6.45) is 1.78. The van der Waals surface area contributed by atoms with Crippen LogP contribution in [0.3, 0.4) is 0 Å². The molecule has 3 heterocycles. The lowest BCUT2D eigenvalue weighted by Crippen LogP contribution is -1.83. The summed E-state index contributed by atoms with van der Waals surface area (Å²) in [5, 5.41) is 3.67. The number of oxazole rings is 1. The number of thiazole rings is 1. The molecule has 0 saturated heterocycles. The number of pyridine rings is 1. The van der Waals surface area contributed by atoms with Gasteiger partial charge in [-0.3, -0.25) is 4.98 Å². The lowest BCUT2D eigenvalue weighted by atomic mass is 10.3. The Bertz CT molecular complexity index is 869. The number of benzene rings is 1. The molecule has 0 fully saturated rings. The van der Waals surface area contributed by atoms with Crippen molar-refractivity contribution in [3.8, 4) is 10.7 Å². The molecule has 0 radical (unpaired) electrons. The maximum atomic E-state index is 5.70. The lowest BCUT2D eigenvalue weighted by Gasteiger charge is -1.94. The van der Waals surface area contributed by atoms with Crippen LogP contribution >= 0.6 is 23.1 Å². The van der Waals surface area contributed by atoms with Gasteiger partial charge < -0.3 is 4.42 Å². The maximum absolute atomic E-state index is 5.70. The minimum atomic E-state index is 0.675. The molecular formula is C16H11N3OS2. The Hall–Kier alpha value is -2.18. The Morgan fingerprint density at radius 2 is 1.95 bits per heavy atom. The summed E-state index contributed by atoms with van der Waals surface area (Å²) in [6, 6.07) is 13.6. The van der Waals surface area contributed by atoms with Gasteiger partial charge in [-0.05, 0) is 24.3 Å². The fourth-order valence-electron chi connectivity index (χ4n) is 2.03. The highest BCUT2D eigenvalue weighted by Gasteiger charge is 2.09. The molecule has 4 rings (SSSR count). The maximum Gasteiger partial charge on any atom is 0.257 e. The van der Waals surface area contributed by atoms with Gasteiger partial charge in [-0.1, -0.05) is 30.0 Å². The van der Waals surface area contributed by atoms with Crippen LogP contribution in [0.2, 0.25) is 0 Å². The molecule has 3 aromatic heterocycles. The van der Waals surface area contributed by atoms with Gasteiger partial charge in [-0.15, -0.1) is 11.3 Å². The molecule has 108 valence electrons. The number of hydrogen-bond acceptors (Lipinski definition) is 6. The molecule has 4 nitrogen and oxygen atoms in total. The first-order chi connectivity index (χ1) is 10.9. The van der Waals surface area contributed by atoms with Crippen LogP contribution in [0.5, 0.6) is 0 Å². The smallest absolute Gasteiger partial charge is 0.257 e. The highest BCUT2D eigenvalue weighted by Crippen LogP contribution is 2.28.